The van der Waals surface area contributed by atoms with E-state index in [1.807, 2.05) is 9.47 Å². The summed E-state index contributed by atoms with van der Waals surface area (Å²) in [4.78, 5) is 27.8. The van der Waals surface area contributed by atoms with Gasteiger partial charge in [0, 0.05) is 31.2 Å². The molecule has 9 nitrogen and oxygen atoms in total. The molecule has 1 aliphatic heterocycles. The lowest BCUT2D eigenvalue weighted by atomic mass is 10.0. The number of carbonyl (C=O) groups is 1. The number of benzene rings is 1. The van der Waals surface area contributed by atoms with Crippen molar-refractivity contribution in [1.29, 1.82) is 0 Å². The van der Waals surface area contributed by atoms with Gasteiger partial charge < -0.3 is 14.8 Å². The minimum atomic E-state index is -4.22. The molecule has 0 spiro atoms. The smallest absolute Gasteiger partial charge is 0.326 e. The van der Waals surface area contributed by atoms with Crippen molar-refractivity contribution in [2.45, 2.75) is 32.0 Å². The highest BCUT2D eigenvalue weighted by Gasteiger charge is 2.37. The van der Waals surface area contributed by atoms with Crippen molar-refractivity contribution < 1.29 is 22.4 Å². The molecule has 1 aliphatic rings. The molecule has 0 bridgehead atoms. The number of rotatable bonds is 7. The van der Waals surface area contributed by atoms with Gasteiger partial charge in [0.1, 0.15) is 16.4 Å². The second kappa shape index (κ2) is 11.2. The van der Waals surface area contributed by atoms with Crippen LogP contribution in [-0.4, -0.2) is 65.8 Å². The van der Waals surface area contributed by atoms with E-state index in [1.165, 1.54) is 36.6 Å². The number of likely N-dealkylation sites (tertiary alicyclic amines) is 1. The van der Waals surface area contributed by atoms with E-state index in [9.17, 15) is 22.4 Å². The molecule has 42 heavy (non-hydrogen) atoms. The highest BCUT2D eigenvalue weighted by Crippen LogP contribution is 2.36. The van der Waals surface area contributed by atoms with Crippen LogP contribution in [0.5, 0.6) is 0 Å². The lowest BCUT2D eigenvalue weighted by Gasteiger charge is -2.35. The summed E-state index contributed by atoms with van der Waals surface area (Å²) in [5.74, 6) is -1.77. The Balaban J connectivity index is 1.31. The van der Waals surface area contributed by atoms with Crippen LogP contribution in [0.2, 0.25) is 0 Å². The minimum Gasteiger partial charge on any atom is -0.326 e. The van der Waals surface area contributed by atoms with Gasteiger partial charge in [-0.25, -0.2) is 18.9 Å². The van der Waals surface area contributed by atoms with E-state index in [-0.39, 0.29) is 24.3 Å². The second-order valence-corrected chi connectivity index (χ2v) is 11.2. The zero-order valence-corrected chi connectivity index (χ0v) is 23.2. The minimum absolute atomic E-state index is 0.0197. The number of amides is 1. The fraction of sp³-hybridized carbons (Fsp3) is 0.321. The molecule has 0 saturated carbocycles. The zero-order chi connectivity index (χ0) is 29.4. The molecular weight excluding hydrogens is 572 g/mol. The fourth-order valence-electron chi connectivity index (χ4n) is 5.16. The second-order valence-electron chi connectivity index (χ2n) is 10.3. The van der Waals surface area contributed by atoms with Crippen molar-refractivity contribution in [3.63, 3.8) is 0 Å². The van der Waals surface area contributed by atoms with E-state index in [4.69, 9.17) is 5.10 Å². The van der Waals surface area contributed by atoms with Gasteiger partial charge in [-0.05, 0) is 49.2 Å². The molecule has 1 N–H and O–H groups in total. The maximum atomic E-state index is 13.7. The summed E-state index contributed by atoms with van der Waals surface area (Å²) in [5.41, 5.74) is 4.67. The van der Waals surface area contributed by atoms with Crippen LogP contribution in [0.15, 0.2) is 60.6 Å². The molecule has 1 fully saturated rings. The Kier molecular flexibility index (Phi) is 7.49. The molecule has 5 aromatic rings. The molecule has 1 amide bonds. The summed E-state index contributed by atoms with van der Waals surface area (Å²) in [6.07, 6.45) is 1.85. The van der Waals surface area contributed by atoms with Crippen molar-refractivity contribution in [1.82, 2.24) is 34.0 Å². The number of anilines is 1. The van der Waals surface area contributed by atoms with Crippen LogP contribution < -0.4 is 5.32 Å². The van der Waals surface area contributed by atoms with Crippen molar-refractivity contribution in [3.8, 4) is 22.6 Å². The number of aromatic nitrogens is 6. The van der Waals surface area contributed by atoms with Crippen LogP contribution in [0.4, 0.5) is 23.4 Å². The molecule has 4 aromatic heterocycles. The van der Waals surface area contributed by atoms with Crippen molar-refractivity contribution >= 4 is 28.7 Å². The Bertz CT molecular complexity index is 1690. The number of hydrogen-bond donors (Lipinski definition) is 1. The lowest BCUT2D eigenvalue weighted by Crippen LogP contribution is -2.40. The number of nitrogens with zero attached hydrogens (tertiary/aromatic N) is 7. The quantitative estimate of drug-likeness (QED) is 0.233. The molecule has 6 rings (SSSR count). The van der Waals surface area contributed by atoms with Crippen LogP contribution in [0.3, 0.4) is 0 Å². The molecule has 0 radical (unpaired) electrons. The molecule has 1 saturated heterocycles. The third-order valence-corrected chi connectivity index (χ3v) is 8.18. The van der Waals surface area contributed by atoms with Gasteiger partial charge >= 0.3 is 6.18 Å². The monoisotopic (exact) mass is 598 g/mol. The topological polar surface area (TPSA) is 93.2 Å². The molecule has 5 heterocycles. The van der Waals surface area contributed by atoms with Crippen LogP contribution in [-0.2, 0) is 0 Å². The third-order valence-electron chi connectivity index (χ3n) is 7.41. The first kappa shape index (κ1) is 28.0. The Morgan fingerprint density at radius 2 is 1.90 bits per heavy atom. The van der Waals surface area contributed by atoms with Crippen LogP contribution in [0.25, 0.3) is 28.3 Å². The van der Waals surface area contributed by atoms with E-state index in [2.05, 4.69) is 20.3 Å². The molecular formula is C28H26F4N8OS. The van der Waals surface area contributed by atoms with Crippen molar-refractivity contribution in [2.75, 3.05) is 25.0 Å². The molecule has 218 valence electrons. The Hall–Kier alpha value is -4.17. The van der Waals surface area contributed by atoms with E-state index in [0.717, 1.165) is 0 Å². The first-order valence-electron chi connectivity index (χ1n) is 13.3. The van der Waals surface area contributed by atoms with Gasteiger partial charge in [-0.3, -0.25) is 9.78 Å². The van der Waals surface area contributed by atoms with E-state index in [0.29, 0.717) is 64.9 Å². The molecule has 1 atom stereocenters. The van der Waals surface area contributed by atoms with Gasteiger partial charge in [0.15, 0.2) is 11.5 Å². The summed E-state index contributed by atoms with van der Waals surface area (Å²) in [6.45, 7) is 2.22. The predicted octanol–water partition coefficient (Wildman–Crippen LogP) is 5.94. The van der Waals surface area contributed by atoms with Crippen molar-refractivity contribution in [2.24, 2.45) is 5.92 Å². The van der Waals surface area contributed by atoms with Gasteiger partial charge in [0.2, 0.25) is 0 Å². The standard InChI is InChI=1S/C28H26F4N8OS/c1-17(28(30,31)32)13-38-10-8-20(9-11-38)39-15-34-25(18-2-4-19(29)5-3-18)26(39)21-6-7-24-35-23(14-40(24)37-21)36-27(41)22-12-33-16-42-22/h2-7,12,14-17,20H,8-11,13H2,1H3,(H,36,41)/t17-/m0/s1. The number of thiazole rings is 1. The first-order chi connectivity index (χ1) is 20.2. The van der Waals surface area contributed by atoms with Gasteiger partial charge in [0.05, 0.1) is 41.5 Å². The number of alkyl halides is 3. The number of halogens is 4. The molecule has 0 unspecified atom stereocenters. The summed E-state index contributed by atoms with van der Waals surface area (Å²) in [5, 5.41) is 7.52. The van der Waals surface area contributed by atoms with Crippen molar-refractivity contribution in [3.05, 3.63) is 71.3 Å². The number of carbonyl (C=O) groups excluding carboxylic acids is 1. The van der Waals surface area contributed by atoms with Gasteiger partial charge in [0.25, 0.3) is 5.91 Å². The Morgan fingerprint density at radius 3 is 2.60 bits per heavy atom. The summed E-state index contributed by atoms with van der Waals surface area (Å²) in [7, 11) is 0. The molecule has 14 heteroatoms. The van der Waals surface area contributed by atoms with Gasteiger partial charge in [-0.15, -0.1) is 11.3 Å². The van der Waals surface area contributed by atoms with Gasteiger partial charge in [-0.1, -0.05) is 6.92 Å². The molecule has 1 aromatic carbocycles. The maximum Gasteiger partial charge on any atom is 0.392 e. The van der Waals surface area contributed by atoms with Crippen LogP contribution in [0.1, 0.15) is 35.5 Å². The number of imidazole rings is 2. The summed E-state index contributed by atoms with van der Waals surface area (Å²) < 4.78 is 56.6. The maximum absolute atomic E-state index is 13.7. The highest BCUT2D eigenvalue weighted by molar-refractivity contribution is 7.11. The van der Waals surface area contributed by atoms with E-state index < -0.39 is 12.1 Å². The van der Waals surface area contributed by atoms with E-state index >= 15 is 0 Å². The Morgan fingerprint density at radius 1 is 1.14 bits per heavy atom. The number of hydrogen-bond acceptors (Lipinski definition) is 7. The predicted molar refractivity (Wildman–Crippen MR) is 150 cm³/mol. The first-order valence-corrected chi connectivity index (χ1v) is 14.2. The number of piperidine rings is 1. The largest absolute Gasteiger partial charge is 0.392 e. The van der Waals surface area contributed by atoms with Gasteiger partial charge in [-0.2, -0.15) is 18.3 Å². The average Bonchev–Trinajstić information content (AvgIpc) is 3.73. The summed E-state index contributed by atoms with van der Waals surface area (Å²) in [6, 6.07) is 9.58. The van der Waals surface area contributed by atoms with Crippen LogP contribution in [0, 0.1) is 11.7 Å². The normalized spacial score (nSPS) is 15.7. The Labute approximate surface area is 241 Å². The summed E-state index contributed by atoms with van der Waals surface area (Å²) >= 11 is 1.22. The highest BCUT2D eigenvalue weighted by atomic mass is 32.1. The molecule has 0 aliphatic carbocycles. The van der Waals surface area contributed by atoms with E-state index in [1.54, 1.807) is 46.8 Å². The van der Waals surface area contributed by atoms with Crippen LogP contribution >= 0.6 is 11.3 Å². The number of fused-ring (bicyclic) bond motifs is 1. The fourth-order valence-corrected chi connectivity index (χ4v) is 5.67. The average molecular weight is 599 g/mol. The number of nitrogens with one attached hydrogen (secondary N) is 1. The third kappa shape index (κ3) is 5.77. The lowest BCUT2D eigenvalue weighted by molar-refractivity contribution is -0.174. The SMILES string of the molecule is C[C@@H](CN1CCC(n2cnc(-c3ccc(F)cc3)c2-c2ccc3nc(NC(=O)c4cncs4)cn3n2)CC1)C(F)(F)F. The zero-order valence-electron chi connectivity index (χ0n) is 22.4.